The van der Waals surface area contributed by atoms with E-state index in [0.717, 1.165) is 26.6 Å². The van der Waals surface area contributed by atoms with E-state index in [0.29, 0.717) is 10.6 Å². The second-order valence-corrected chi connectivity index (χ2v) is 12.7. The van der Waals surface area contributed by atoms with Crippen molar-refractivity contribution in [1.82, 2.24) is 10.2 Å². The molecule has 0 aliphatic rings. The zero-order chi connectivity index (χ0) is 31.1. The molecule has 4 aromatic rings. The van der Waals surface area contributed by atoms with Gasteiger partial charge in [0.25, 0.3) is 10.0 Å². The number of rotatable bonds is 11. The molecular formula is C34H36ClN3O4S. The monoisotopic (exact) mass is 617 g/mol. The van der Waals surface area contributed by atoms with Crippen molar-refractivity contribution >= 4 is 39.1 Å². The summed E-state index contributed by atoms with van der Waals surface area (Å²) in [4.78, 5) is 29.3. The minimum absolute atomic E-state index is 0.0443. The highest BCUT2D eigenvalue weighted by atomic mass is 35.5. The van der Waals surface area contributed by atoms with Gasteiger partial charge in [-0.15, -0.1) is 0 Å². The van der Waals surface area contributed by atoms with Crippen molar-refractivity contribution in [2.75, 3.05) is 17.9 Å². The number of hydrogen-bond donors (Lipinski definition) is 1. The van der Waals surface area contributed by atoms with E-state index in [1.165, 1.54) is 24.1 Å². The first-order valence-corrected chi connectivity index (χ1v) is 15.8. The van der Waals surface area contributed by atoms with Crippen LogP contribution >= 0.6 is 11.6 Å². The van der Waals surface area contributed by atoms with Gasteiger partial charge in [0.05, 0.1) is 10.6 Å². The molecule has 4 rings (SSSR count). The fourth-order valence-electron chi connectivity index (χ4n) is 4.91. The van der Waals surface area contributed by atoms with Crippen molar-refractivity contribution in [3.8, 4) is 0 Å². The van der Waals surface area contributed by atoms with Crippen molar-refractivity contribution in [2.45, 2.75) is 44.7 Å². The van der Waals surface area contributed by atoms with Crippen molar-refractivity contribution in [1.29, 1.82) is 0 Å². The van der Waals surface area contributed by atoms with E-state index in [-0.39, 0.29) is 29.5 Å². The van der Waals surface area contributed by atoms with E-state index in [4.69, 9.17) is 11.6 Å². The first kappa shape index (κ1) is 31.8. The number of aryl methyl sites for hydroxylation is 2. The zero-order valence-corrected chi connectivity index (χ0v) is 26.3. The highest BCUT2D eigenvalue weighted by Gasteiger charge is 2.35. The third-order valence-corrected chi connectivity index (χ3v) is 9.70. The molecule has 0 saturated heterocycles. The van der Waals surface area contributed by atoms with Crippen molar-refractivity contribution < 1.29 is 18.0 Å². The lowest BCUT2D eigenvalue weighted by atomic mass is 10.0. The van der Waals surface area contributed by atoms with Crippen molar-refractivity contribution in [2.24, 2.45) is 0 Å². The van der Waals surface area contributed by atoms with E-state index in [9.17, 15) is 18.0 Å². The maximum atomic E-state index is 14.4. The summed E-state index contributed by atoms with van der Waals surface area (Å²) in [5, 5.41) is 3.08. The van der Waals surface area contributed by atoms with Crippen LogP contribution in [-0.4, -0.2) is 44.8 Å². The first-order valence-electron chi connectivity index (χ1n) is 14.0. The zero-order valence-electron chi connectivity index (χ0n) is 24.7. The minimum atomic E-state index is -4.20. The normalized spacial score (nSPS) is 11.9. The van der Waals surface area contributed by atoms with Gasteiger partial charge in [0, 0.05) is 25.0 Å². The molecule has 0 radical (unpaired) electrons. The third kappa shape index (κ3) is 7.45. The number of sulfonamides is 1. The summed E-state index contributed by atoms with van der Waals surface area (Å²) in [6.45, 7) is 5.10. The molecule has 7 nitrogen and oxygen atoms in total. The Morgan fingerprint density at radius 2 is 1.49 bits per heavy atom. The quantitative estimate of drug-likeness (QED) is 0.229. The molecule has 0 fully saturated rings. The van der Waals surface area contributed by atoms with Gasteiger partial charge in [-0.25, -0.2) is 8.42 Å². The average Bonchev–Trinajstić information content (AvgIpc) is 3.00. The van der Waals surface area contributed by atoms with Crippen LogP contribution in [0.2, 0.25) is 5.02 Å². The molecule has 0 aromatic heterocycles. The van der Waals surface area contributed by atoms with E-state index in [1.807, 2.05) is 68.4 Å². The Bertz CT molecular complexity index is 1690. The third-order valence-electron chi connectivity index (χ3n) is 7.52. The van der Waals surface area contributed by atoms with Crippen molar-refractivity contribution in [3.05, 3.63) is 130 Å². The molecule has 9 heteroatoms. The van der Waals surface area contributed by atoms with Gasteiger partial charge >= 0.3 is 0 Å². The number of amides is 2. The van der Waals surface area contributed by atoms with Crippen LogP contribution in [0.25, 0.3) is 0 Å². The molecule has 0 spiro atoms. The summed E-state index contributed by atoms with van der Waals surface area (Å²) in [6.07, 6.45) is 0.249. The number of hydrogen-bond acceptors (Lipinski definition) is 4. The molecule has 2 amide bonds. The number of benzene rings is 4. The lowest BCUT2D eigenvalue weighted by Crippen LogP contribution is -2.53. The van der Waals surface area contributed by atoms with Crippen molar-refractivity contribution in [3.63, 3.8) is 0 Å². The maximum Gasteiger partial charge on any atom is 0.264 e. The number of likely N-dealkylation sites (N-methyl/N-ethyl adjacent to an activating group) is 1. The summed E-state index contributed by atoms with van der Waals surface area (Å²) in [5.41, 5.74) is 4.38. The number of carbonyl (C=O) groups is 2. The first-order chi connectivity index (χ1) is 20.5. The van der Waals surface area contributed by atoms with Crippen LogP contribution in [0.1, 0.15) is 27.8 Å². The van der Waals surface area contributed by atoms with Crippen LogP contribution in [-0.2, 0) is 32.6 Å². The molecule has 0 aliphatic carbocycles. The molecule has 1 atom stereocenters. The van der Waals surface area contributed by atoms with Crippen LogP contribution in [0.3, 0.4) is 0 Å². The Balaban J connectivity index is 1.83. The fraction of sp³-hybridized carbons (Fsp3) is 0.235. The summed E-state index contributed by atoms with van der Waals surface area (Å²) >= 11 is 6.43. The Kier molecular flexibility index (Phi) is 10.3. The van der Waals surface area contributed by atoms with Gasteiger partial charge in [-0.2, -0.15) is 0 Å². The molecule has 0 heterocycles. The number of nitrogens with zero attached hydrogens (tertiary/aromatic N) is 2. The maximum absolute atomic E-state index is 14.4. The lowest BCUT2D eigenvalue weighted by molar-refractivity contribution is -0.139. The largest absolute Gasteiger partial charge is 0.357 e. The smallest absolute Gasteiger partial charge is 0.264 e. The Labute approximate surface area is 259 Å². The number of anilines is 1. The average molecular weight is 618 g/mol. The van der Waals surface area contributed by atoms with Gasteiger partial charge in [0.1, 0.15) is 12.6 Å². The Morgan fingerprint density at radius 1 is 0.837 bits per heavy atom. The lowest BCUT2D eigenvalue weighted by Gasteiger charge is -2.34. The van der Waals surface area contributed by atoms with E-state index in [1.54, 1.807) is 37.3 Å². The van der Waals surface area contributed by atoms with E-state index in [2.05, 4.69) is 5.32 Å². The summed E-state index contributed by atoms with van der Waals surface area (Å²) in [6, 6.07) is 27.6. The Morgan fingerprint density at radius 3 is 2.14 bits per heavy atom. The van der Waals surface area contributed by atoms with E-state index >= 15 is 0 Å². The molecule has 1 unspecified atom stereocenters. The predicted octanol–water partition coefficient (Wildman–Crippen LogP) is 5.85. The van der Waals surface area contributed by atoms with Crippen LogP contribution in [0.5, 0.6) is 0 Å². The van der Waals surface area contributed by atoms with Crippen LogP contribution < -0.4 is 9.62 Å². The van der Waals surface area contributed by atoms with Gasteiger partial charge in [0.15, 0.2) is 0 Å². The van der Waals surface area contributed by atoms with Gasteiger partial charge < -0.3 is 10.2 Å². The highest BCUT2D eigenvalue weighted by Crippen LogP contribution is 2.31. The summed E-state index contributed by atoms with van der Waals surface area (Å²) in [7, 11) is -2.68. The summed E-state index contributed by atoms with van der Waals surface area (Å²) in [5.74, 6) is -0.875. The topological polar surface area (TPSA) is 86.8 Å². The molecule has 0 aliphatic heterocycles. The molecule has 1 N–H and O–H groups in total. The molecule has 4 aromatic carbocycles. The second-order valence-electron chi connectivity index (χ2n) is 10.5. The molecule has 43 heavy (non-hydrogen) atoms. The Hall–Kier alpha value is -4.14. The second kappa shape index (κ2) is 13.9. The van der Waals surface area contributed by atoms with Gasteiger partial charge in [-0.05, 0) is 67.3 Å². The highest BCUT2D eigenvalue weighted by molar-refractivity contribution is 7.92. The predicted molar refractivity (Wildman–Crippen MR) is 172 cm³/mol. The van der Waals surface area contributed by atoms with Gasteiger partial charge in [-0.3, -0.25) is 13.9 Å². The minimum Gasteiger partial charge on any atom is -0.357 e. The fourth-order valence-corrected chi connectivity index (χ4v) is 6.55. The number of nitrogens with one attached hydrogen (secondary N) is 1. The summed E-state index contributed by atoms with van der Waals surface area (Å²) < 4.78 is 29.4. The molecule has 0 bridgehead atoms. The van der Waals surface area contributed by atoms with Gasteiger partial charge in [-0.1, -0.05) is 90.0 Å². The van der Waals surface area contributed by atoms with Crippen LogP contribution in [0.4, 0.5) is 5.69 Å². The number of halogens is 1. The molecular weight excluding hydrogens is 582 g/mol. The molecule has 0 saturated carbocycles. The molecule has 224 valence electrons. The van der Waals surface area contributed by atoms with Gasteiger partial charge in [0.2, 0.25) is 11.8 Å². The van der Waals surface area contributed by atoms with Crippen LogP contribution in [0.15, 0.2) is 102 Å². The van der Waals surface area contributed by atoms with E-state index < -0.39 is 28.5 Å². The van der Waals surface area contributed by atoms with Crippen LogP contribution in [0, 0.1) is 20.8 Å². The standard InChI is InChI=1S/C34H36ClN3O4S/c1-24-17-19-29(20-18-24)43(41,42)38(31-16-10-15-30(35)26(31)3)23-33(39)37(22-28-14-9-8-11-25(28)2)32(34(40)36-4)21-27-12-6-5-7-13-27/h5-20,32H,21-23H2,1-4H3,(H,36,40). The number of carbonyl (C=O) groups excluding carboxylic acids is 2. The SMILES string of the molecule is CNC(=O)C(Cc1ccccc1)N(Cc1ccccc1C)C(=O)CN(c1cccc(Cl)c1C)S(=O)(=O)c1ccc(C)cc1.